The zero-order chi connectivity index (χ0) is 13.0. The number of carboxylic acid groups (broad SMARTS) is 1. The van der Waals surface area contributed by atoms with Crippen molar-refractivity contribution in [1.82, 2.24) is 4.90 Å². The molecule has 0 radical (unpaired) electrons. The van der Waals surface area contributed by atoms with Crippen LogP contribution in [-0.2, 0) is 9.53 Å². The van der Waals surface area contributed by atoms with Crippen molar-refractivity contribution in [3.8, 4) is 0 Å². The highest BCUT2D eigenvalue weighted by atomic mass is 16.5. The van der Waals surface area contributed by atoms with Gasteiger partial charge in [0.2, 0.25) is 0 Å². The van der Waals surface area contributed by atoms with Gasteiger partial charge in [-0.3, -0.25) is 9.69 Å². The number of ether oxygens (including phenoxy) is 1. The minimum Gasteiger partial charge on any atom is -0.481 e. The summed E-state index contributed by atoms with van der Waals surface area (Å²) in [5, 5.41) is 9.64. The zero-order valence-electron chi connectivity index (χ0n) is 11.4. The Labute approximate surface area is 109 Å². The van der Waals surface area contributed by atoms with Gasteiger partial charge in [0.15, 0.2) is 0 Å². The number of aliphatic carboxylic acids is 1. The molecule has 0 spiro atoms. The lowest BCUT2D eigenvalue weighted by atomic mass is 9.80. The third kappa shape index (κ3) is 3.04. The van der Waals surface area contributed by atoms with E-state index in [2.05, 4.69) is 4.90 Å². The van der Waals surface area contributed by atoms with Gasteiger partial charge in [-0.15, -0.1) is 0 Å². The van der Waals surface area contributed by atoms with Crippen molar-refractivity contribution < 1.29 is 14.6 Å². The summed E-state index contributed by atoms with van der Waals surface area (Å²) in [6.07, 6.45) is 7.52. The Morgan fingerprint density at radius 3 is 2.50 bits per heavy atom. The average Bonchev–Trinajstić information content (AvgIpc) is 2.66. The van der Waals surface area contributed by atoms with Crippen molar-refractivity contribution in [3.63, 3.8) is 0 Å². The van der Waals surface area contributed by atoms with Crippen LogP contribution in [0.5, 0.6) is 0 Å². The zero-order valence-corrected chi connectivity index (χ0v) is 11.4. The summed E-state index contributed by atoms with van der Waals surface area (Å²) in [5.74, 6) is -0.592. The standard InChI is InChI=1S/C14H25NO3/c1-18-12-6-9-15(10-12)11-14(13(16)17)7-4-2-3-5-8-14/h12H,2-11H2,1H3,(H,16,17). The third-order valence-electron chi connectivity index (χ3n) is 4.60. The molecule has 1 aliphatic heterocycles. The molecular formula is C14H25NO3. The molecular weight excluding hydrogens is 230 g/mol. The van der Waals surface area contributed by atoms with E-state index in [1.165, 1.54) is 12.8 Å². The summed E-state index contributed by atoms with van der Waals surface area (Å²) >= 11 is 0. The number of nitrogens with zero attached hydrogens (tertiary/aromatic N) is 1. The van der Waals surface area contributed by atoms with Crippen LogP contribution in [0.1, 0.15) is 44.9 Å². The molecule has 2 aliphatic rings. The third-order valence-corrected chi connectivity index (χ3v) is 4.60. The monoisotopic (exact) mass is 255 g/mol. The predicted molar refractivity (Wildman–Crippen MR) is 69.6 cm³/mol. The second kappa shape index (κ2) is 6.02. The van der Waals surface area contributed by atoms with Crippen LogP contribution in [0.3, 0.4) is 0 Å². The van der Waals surface area contributed by atoms with E-state index < -0.39 is 11.4 Å². The largest absolute Gasteiger partial charge is 0.481 e. The molecule has 2 rings (SSSR count). The van der Waals surface area contributed by atoms with Crippen LogP contribution in [0.25, 0.3) is 0 Å². The molecule has 0 aromatic carbocycles. The first kappa shape index (κ1) is 13.8. The summed E-state index contributed by atoms with van der Waals surface area (Å²) < 4.78 is 5.36. The molecule has 0 aromatic rings. The number of hydrogen-bond donors (Lipinski definition) is 1. The Morgan fingerprint density at radius 1 is 1.33 bits per heavy atom. The van der Waals surface area contributed by atoms with Gasteiger partial charge in [0, 0.05) is 26.7 Å². The normalized spacial score (nSPS) is 29.1. The molecule has 1 unspecified atom stereocenters. The van der Waals surface area contributed by atoms with Crippen molar-refractivity contribution in [2.24, 2.45) is 5.41 Å². The van der Waals surface area contributed by atoms with Gasteiger partial charge in [0.25, 0.3) is 0 Å². The van der Waals surface area contributed by atoms with Gasteiger partial charge in [-0.2, -0.15) is 0 Å². The molecule has 1 heterocycles. The Bertz CT molecular complexity index is 285. The van der Waals surface area contributed by atoms with E-state index in [-0.39, 0.29) is 0 Å². The van der Waals surface area contributed by atoms with Gasteiger partial charge in [-0.05, 0) is 19.3 Å². The fraction of sp³-hybridized carbons (Fsp3) is 0.929. The molecule has 0 amide bonds. The molecule has 1 aliphatic carbocycles. The summed E-state index contributed by atoms with van der Waals surface area (Å²) in [7, 11) is 1.74. The molecule has 0 bridgehead atoms. The number of hydrogen-bond acceptors (Lipinski definition) is 3. The van der Waals surface area contributed by atoms with E-state index in [0.717, 1.165) is 45.2 Å². The first-order valence-corrected chi connectivity index (χ1v) is 7.15. The Balaban J connectivity index is 1.99. The van der Waals surface area contributed by atoms with Crippen molar-refractivity contribution in [2.75, 3.05) is 26.7 Å². The van der Waals surface area contributed by atoms with Crippen LogP contribution in [0.2, 0.25) is 0 Å². The first-order chi connectivity index (χ1) is 8.66. The van der Waals surface area contributed by atoms with E-state index in [1.54, 1.807) is 7.11 Å². The summed E-state index contributed by atoms with van der Waals surface area (Å²) in [5.41, 5.74) is -0.501. The Hall–Kier alpha value is -0.610. The second-order valence-corrected chi connectivity index (χ2v) is 5.88. The summed E-state index contributed by atoms with van der Waals surface area (Å²) in [6, 6.07) is 0. The van der Waals surface area contributed by atoms with Gasteiger partial charge < -0.3 is 9.84 Å². The highest BCUT2D eigenvalue weighted by Gasteiger charge is 2.41. The van der Waals surface area contributed by atoms with Crippen LogP contribution in [0, 0.1) is 5.41 Å². The molecule has 4 nitrogen and oxygen atoms in total. The summed E-state index contributed by atoms with van der Waals surface area (Å²) in [4.78, 5) is 14.0. The molecule has 1 N–H and O–H groups in total. The molecule has 1 saturated heterocycles. The minimum atomic E-state index is -0.592. The van der Waals surface area contributed by atoms with Crippen molar-refractivity contribution in [2.45, 2.75) is 51.0 Å². The Morgan fingerprint density at radius 2 is 2.00 bits per heavy atom. The topological polar surface area (TPSA) is 49.8 Å². The molecule has 104 valence electrons. The minimum absolute atomic E-state index is 0.293. The fourth-order valence-corrected chi connectivity index (χ4v) is 3.41. The van der Waals surface area contributed by atoms with E-state index in [9.17, 15) is 9.90 Å². The van der Waals surface area contributed by atoms with Crippen LogP contribution in [0.15, 0.2) is 0 Å². The molecule has 1 atom stereocenters. The molecule has 2 fully saturated rings. The maximum atomic E-state index is 11.7. The highest BCUT2D eigenvalue weighted by Crippen LogP contribution is 2.37. The van der Waals surface area contributed by atoms with Gasteiger partial charge >= 0.3 is 5.97 Å². The maximum absolute atomic E-state index is 11.7. The molecule has 0 aromatic heterocycles. The average molecular weight is 255 g/mol. The van der Waals surface area contributed by atoms with Crippen molar-refractivity contribution in [3.05, 3.63) is 0 Å². The smallest absolute Gasteiger partial charge is 0.310 e. The Kier molecular flexibility index (Phi) is 4.62. The highest BCUT2D eigenvalue weighted by molar-refractivity contribution is 5.75. The van der Waals surface area contributed by atoms with Crippen LogP contribution < -0.4 is 0 Å². The molecule has 18 heavy (non-hydrogen) atoms. The van der Waals surface area contributed by atoms with Crippen molar-refractivity contribution in [1.29, 1.82) is 0 Å². The number of likely N-dealkylation sites (tertiary alicyclic amines) is 1. The number of rotatable bonds is 4. The van der Waals surface area contributed by atoms with E-state index in [4.69, 9.17) is 4.74 Å². The quantitative estimate of drug-likeness (QED) is 0.782. The van der Waals surface area contributed by atoms with E-state index in [1.807, 2.05) is 0 Å². The maximum Gasteiger partial charge on any atom is 0.310 e. The predicted octanol–water partition coefficient (Wildman–Crippen LogP) is 2.13. The summed E-state index contributed by atoms with van der Waals surface area (Å²) in [6.45, 7) is 2.58. The number of carbonyl (C=O) groups is 1. The SMILES string of the molecule is COC1CCN(CC2(C(=O)O)CCCCCC2)C1. The van der Waals surface area contributed by atoms with Crippen molar-refractivity contribution >= 4 is 5.97 Å². The molecule has 4 heteroatoms. The lowest BCUT2D eigenvalue weighted by molar-refractivity contribution is -0.151. The van der Waals surface area contributed by atoms with Crippen LogP contribution in [-0.4, -0.2) is 48.8 Å². The van der Waals surface area contributed by atoms with Gasteiger partial charge in [-0.25, -0.2) is 0 Å². The van der Waals surface area contributed by atoms with E-state index in [0.29, 0.717) is 12.6 Å². The van der Waals surface area contributed by atoms with Gasteiger partial charge in [-0.1, -0.05) is 25.7 Å². The number of carboxylic acids is 1. The van der Waals surface area contributed by atoms with Gasteiger partial charge in [0.05, 0.1) is 11.5 Å². The van der Waals surface area contributed by atoms with Crippen LogP contribution in [0.4, 0.5) is 0 Å². The lowest BCUT2D eigenvalue weighted by Crippen LogP contribution is -2.42. The lowest BCUT2D eigenvalue weighted by Gasteiger charge is -2.32. The number of methoxy groups -OCH3 is 1. The van der Waals surface area contributed by atoms with Crippen LogP contribution >= 0.6 is 0 Å². The van der Waals surface area contributed by atoms with E-state index >= 15 is 0 Å². The first-order valence-electron chi connectivity index (χ1n) is 7.15. The fourth-order valence-electron chi connectivity index (χ4n) is 3.41. The second-order valence-electron chi connectivity index (χ2n) is 5.88. The van der Waals surface area contributed by atoms with Gasteiger partial charge in [0.1, 0.15) is 0 Å². The molecule has 1 saturated carbocycles.